The molecule has 4 unspecified atom stereocenters. The fourth-order valence-corrected chi connectivity index (χ4v) is 4.61. The van der Waals surface area contributed by atoms with Gasteiger partial charge in [-0.2, -0.15) is 5.48 Å². The lowest BCUT2D eigenvalue weighted by Crippen LogP contribution is -2.29. The minimum atomic E-state index is -0.124. The van der Waals surface area contributed by atoms with Crippen molar-refractivity contribution < 1.29 is 9.94 Å². The molecule has 3 aliphatic rings. The fourth-order valence-electron chi connectivity index (χ4n) is 4.61. The molecule has 170 valence electrons. The number of ether oxygens (including phenoxy) is 1. The molecule has 0 spiro atoms. The van der Waals surface area contributed by atoms with Crippen molar-refractivity contribution in [3.63, 3.8) is 0 Å². The zero-order valence-corrected chi connectivity index (χ0v) is 18.8. The minimum absolute atomic E-state index is 0.124. The van der Waals surface area contributed by atoms with E-state index in [0.29, 0.717) is 36.7 Å². The first-order chi connectivity index (χ1) is 15.7. The Kier molecular flexibility index (Phi) is 7.55. The lowest BCUT2D eigenvalue weighted by Gasteiger charge is -2.31. The molecule has 0 amide bonds. The van der Waals surface area contributed by atoms with Crippen LogP contribution in [0.2, 0.25) is 0 Å². The van der Waals surface area contributed by atoms with E-state index in [1.54, 1.807) is 0 Å². The van der Waals surface area contributed by atoms with Crippen molar-refractivity contribution >= 4 is 5.95 Å². The number of hydroxylamine groups is 1. The van der Waals surface area contributed by atoms with E-state index in [4.69, 9.17) is 9.72 Å². The van der Waals surface area contributed by atoms with Gasteiger partial charge < -0.3 is 15.3 Å². The maximum atomic E-state index is 9.74. The van der Waals surface area contributed by atoms with Gasteiger partial charge in [0.15, 0.2) is 0 Å². The van der Waals surface area contributed by atoms with Gasteiger partial charge >= 0.3 is 0 Å². The minimum Gasteiger partial charge on any atom is -0.492 e. The summed E-state index contributed by atoms with van der Waals surface area (Å²) in [7, 11) is 0. The van der Waals surface area contributed by atoms with Crippen LogP contribution >= 0.6 is 0 Å². The van der Waals surface area contributed by atoms with Crippen LogP contribution in [0.5, 0.6) is 0 Å². The van der Waals surface area contributed by atoms with E-state index in [1.165, 1.54) is 6.42 Å². The lowest BCUT2D eigenvalue weighted by atomic mass is 9.79. The molecule has 5 atom stereocenters. The summed E-state index contributed by atoms with van der Waals surface area (Å²) in [5.41, 5.74) is 4.48. The Bertz CT molecular complexity index is 902. The van der Waals surface area contributed by atoms with E-state index < -0.39 is 0 Å². The Morgan fingerprint density at radius 3 is 2.78 bits per heavy atom. The van der Waals surface area contributed by atoms with Gasteiger partial charge in [0.05, 0.1) is 18.3 Å². The van der Waals surface area contributed by atoms with Crippen LogP contribution in [0.25, 0.3) is 0 Å². The molecule has 1 aromatic heterocycles. The molecular formula is C26H34N4O2. The van der Waals surface area contributed by atoms with E-state index in [-0.39, 0.29) is 6.04 Å². The molecule has 1 aromatic rings. The van der Waals surface area contributed by atoms with E-state index in [9.17, 15) is 5.21 Å². The molecule has 0 bridgehead atoms. The van der Waals surface area contributed by atoms with E-state index in [1.807, 2.05) is 37.4 Å². The monoisotopic (exact) mass is 434 g/mol. The highest BCUT2D eigenvalue weighted by atomic mass is 16.5. The first-order valence-corrected chi connectivity index (χ1v) is 11.6. The highest BCUT2D eigenvalue weighted by Gasteiger charge is 2.34. The van der Waals surface area contributed by atoms with Gasteiger partial charge in [0, 0.05) is 11.8 Å². The largest absolute Gasteiger partial charge is 0.492 e. The zero-order chi connectivity index (χ0) is 22.3. The lowest BCUT2D eigenvalue weighted by molar-refractivity contribution is 0.105. The Balaban J connectivity index is 1.32. The first-order valence-electron chi connectivity index (χ1n) is 11.6. The number of allylic oxidation sites excluding steroid dienone is 8. The molecule has 3 aliphatic carbocycles. The second-order valence-corrected chi connectivity index (χ2v) is 8.94. The van der Waals surface area contributed by atoms with Crippen LogP contribution in [0.1, 0.15) is 43.5 Å². The smallest absolute Gasteiger partial charge is 0.222 e. The third-order valence-electron chi connectivity index (χ3n) is 6.45. The number of hydrogen-bond donors (Lipinski definition) is 3. The normalized spacial score (nSPS) is 28.4. The van der Waals surface area contributed by atoms with Gasteiger partial charge in [-0.1, -0.05) is 49.1 Å². The summed E-state index contributed by atoms with van der Waals surface area (Å²) < 4.78 is 5.59. The fraction of sp³-hybridized carbons (Fsp3) is 0.462. The van der Waals surface area contributed by atoms with Gasteiger partial charge in [-0.05, 0) is 62.4 Å². The van der Waals surface area contributed by atoms with E-state index >= 15 is 0 Å². The number of nitrogens with zero attached hydrogens (tertiary/aromatic N) is 2. The number of fused-ring (bicyclic) bond motifs is 2. The summed E-state index contributed by atoms with van der Waals surface area (Å²) in [6.45, 7) is 6.90. The molecular weight excluding hydrogens is 400 g/mol. The van der Waals surface area contributed by atoms with Crippen molar-refractivity contribution in [3.8, 4) is 0 Å². The van der Waals surface area contributed by atoms with Gasteiger partial charge in [-0.25, -0.2) is 9.97 Å². The predicted octanol–water partition coefficient (Wildman–Crippen LogP) is 4.90. The molecule has 6 nitrogen and oxygen atoms in total. The van der Waals surface area contributed by atoms with E-state index in [2.05, 4.69) is 46.7 Å². The van der Waals surface area contributed by atoms with Gasteiger partial charge in [0.25, 0.3) is 0 Å². The Hall–Kier alpha value is -2.70. The van der Waals surface area contributed by atoms with Crippen LogP contribution in [0.3, 0.4) is 0 Å². The third kappa shape index (κ3) is 5.96. The highest BCUT2D eigenvalue weighted by molar-refractivity contribution is 5.33. The summed E-state index contributed by atoms with van der Waals surface area (Å²) in [6, 6.07) is -0.124. The predicted molar refractivity (Wildman–Crippen MR) is 127 cm³/mol. The van der Waals surface area contributed by atoms with Gasteiger partial charge in [0.1, 0.15) is 12.4 Å². The van der Waals surface area contributed by atoms with Crippen molar-refractivity contribution in [3.05, 3.63) is 78.4 Å². The zero-order valence-electron chi connectivity index (χ0n) is 18.8. The topological polar surface area (TPSA) is 79.3 Å². The van der Waals surface area contributed by atoms with Crippen molar-refractivity contribution in [2.24, 2.45) is 23.7 Å². The number of rotatable bonds is 10. The van der Waals surface area contributed by atoms with Crippen LogP contribution in [-0.4, -0.2) is 28.3 Å². The Labute approximate surface area is 190 Å². The summed E-state index contributed by atoms with van der Waals surface area (Å²) >= 11 is 0. The molecule has 3 N–H and O–H groups in total. The second-order valence-electron chi connectivity index (χ2n) is 8.94. The summed E-state index contributed by atoms with van der Waals surface area (Å²) in [5.74, 6) is 3.67. The van der Waals surface area contributed by atoms with Crippen molar-refractivity contribution in [2.45, 2.75) is 38.6 Å². The highest BCUT2D eigenvalue weighted by Crippen LogP contribution is 2.44. The van der Waals surface area contributed by atoms with E-state index in [0.717, 1.165) is 42.4 Å². The average molecular weight is 435 g/mol. The average Bonchev–Trinajstić information content (AvgIpc) is 3.57. The molecule has 0 radical (unpaired) electrons. The summed E-state index contributed by atoms with van der Waals surface area (Å²) in [4.78, 5) is 9.20. The van der Waals surface area contributed by atoms with Crippen LogP contribution < -0.4 is 10.8 Å². The molecule has 0 saturated heterocycles. The number of aromatic nitrogens is 2. The standard InChI is InChI=1S/C26H34N4O2/c1-3-4-5-6-18(2)32-12-11-27-26-28-17-23-24(29-26)14-20(15-25(23)30-31)13-19-7-9-21-16-22(21)10-8-19/h3-10,17,19-22,25,30-31H,2,11-16H2,1H3,(H,27,28,29)/b4-3-,6-5-/t19?,20?,21-,22?,25?/m1/s1. The van der Waals surface area contributed by atoms with Crippen LogP contribution in [0.4, 0.5) is 5.95 Å². The van der Waals surface area contributed by atoms with Crippen molar-refractivity contribution in [2.75, 3.05) is 18.5 Å². The second kappa shape index (κ2) is 10.7. The Morgan fingerprint density at radius 1 is 1.22 bits per heavy atom. The number of hydrogen-bond acceptors (Lipinski definition) is 6. The SMILES string of the molecule is C=C(/C=C\C=C/C)OCCNc1ncc2c(n1)CC(CC1C=CC3C[C@H]3C=C1)CC2NO. The van der Waals surface area contributed by atoms with Gasteiger partial charge in [-0.3, -0.25) is 0 Å². The van der Waals surface area contributed by atoms with Gasteiger partial charge in [0.2, 0.25) is 5.95 Å². The summed E-state index contributed by atoms with van der Waals surface area (Å²) in [5, 5.41) is 13.0. The Morgan fingerprint density at radius 2 is 2.03 bits per heavy atom. The number of nitrogens with one attached hydrogen (secondary N) is 2. The summed E-state index contributed by atoms with van der Waals surface area (Å²) in [6.07, 6.45) is 23.2. The molecule has 6 heteroatoms. The maximum absolute atomic E-state index is 9.74. The quantitative estimate of drug-likeness (QED) is 0.160. The molecule has 1 heterocycles. The van der Waals surface area contributed by atoms with Crippen LogP contribution in [0, 0.1) is 23.7 Å². The molecule has 32 heavy (non-hydrogen) atoms. The number of anilines is 1. The molecule has 1 saturated carbocycles. The third-order valence-corrected chi connectivity index (χ3v) is 6.45. The maximum Gasteiger partial charge on any atom is 0.222 e. The first kappa shape index (κ1) is 22.5. The molecule has 0 aromatic carbocycles. The molecule has 0 aliphatic heterocycles. The molecule has 4 rings (SSSR count). The van der Waals surface area contributed by atoms with Crippen molar-refractivity contribution in [1.29, 1.82) is 0 Å². The van der Waals surface area contributed by atoms with Crippen LogP contribution in [0.15, 0.2) is 67.1 Å². The van der Waals surface area contributed by atoms with Crippen LogP contribution in [-0.2, 0) is 11.2 Å². The molecule has 1 fully saturated rings. The van der Waals surface area contributed by atoms with Crippen molar-refractivity contribution in [1.82, 2.24) is 15.4 Å². The van der Waals surface area contributed by atoms with Gasteiger partial charge in [-0.15, -0.1) is 0 Å².